The third-order valence-electron chi connectivity index (χ3n) is 1.95. The number of carboxylic acids is 2. The molecule has 5 nitrogen and oxygen atoms in total. The van der Waals surface area contributed by atoms with E-state index in [9.17, 15) is 9.59 Å². The van der Waals surface area contributed by atoms with E-state index in [2.05, 4.69) is 0 Å². The van der Waals surface area contributed by atoms with Crippen LogP contribution in [0.1, 0.15) is 38.5 Å². The molecule has 1 aliphatic rings. The van der Waals surface area contributed by atoms with Crippen molar-refractivity contribution < 1.29 is 19.8 Å². The van der Waals surface area contributed by atoms with E-state index in [0.29, 0.717) is 6.04 Å². The molecule has 0 aliphatic heterocycles. The maximum atomic E-state index is 9.43. The van der Waals surface area contributed by atoms with E-state index in [-0.39, 0.29) is 0 Å². The topological polar surface area (TPSA) is 101 Å². The smallest absolute Gasteiger partial charge is 0.314 e. The standard InChI is InChI=1S/C6H13N.C3H4O4/c7-6-4-2-1-3-5-6;4-2(5)1-3(6)7/h6H,1-5,7H2;1H2,(H,4,5)(H,6,7). The molecule has 14 heavy (non-hydrogen) atoms. The molecule has 0 amide bonds. The number of hydrogen-bond donors (Lipinski definition) is 3. The molecule has 0 bridgehead atoms. The van der Waals surface area contributed by atoms with E-state index in [1.165, 1.54) is 32.1 Å². The van der Waals surface area contributed by atoms with Crippen molar-refractivity contribution in [2.24, 2.45) is 5.73 Å². The molecule has 0 radical (unpaired) electrons. The summed E-state index contributed by atoms with van der Waals surface area (Å²) >= 11 is 0. The highest BCUT2D eigenvalue weighted by atomic mass is 16.4. The zero-order valence-electron chi connectivity index (χ0n) is 8.11. The Labute approximate surface area is 82.9 Å². The molecule has 1 aliphatic carbocycles. The monoisotopic (exact) mass is 203 g/mol. The van der Waals surface area contributed by atoms with E-state index >= 15 is 0 Å². The summed E-state index contributed by atoms with van der Waals surface area (Å²) in [6, 6.07) is 0.536. The molecule has 0 atom stereocenters. The van der Waals surface area contributed by atoms with Crippen LogP contribution in [0.25, 0.3) is 0 Å². The highest BCUT2D eigenvalue weighted by Crippen LogP contribution is 2.14. The Bertz CT molecular complexity index is 175. The minimum atomic E-state index is -1.31. The zero-order valence-corrected chi connectivity index (χ0v) is 8.11. The first kappa shape index (κ1) is 12.9. The van der Waals surface area contributed by atoms with Crippen LogP contribution in [0.2, 0.25) is 0 Å². The Hall–Kier alpha value is -1.10. The van der Waals surface area contributed by atoms with Gasteiger partial charge >= 0.3 is 11.9 Å². The molecule has 1 saturated carbocycles. The van der Waals surface area contributed by atoms with Crippen LogP contribution in [0.5, 0.6) is 0 Å². The van der Waals surface area contributed by atoms with E-state index < -0.39 is 18.4 Å². The fraction of sp³-hybridized carbons (Fsp3) is 0.778. The van der Waals surface area contributed by atoms with Gasteiger partial charge in [0.25, 0.3) is 0 Å². The molecule has 0 aromatic heterocycles. The van der Waals surface area contributed by atoms with Crippen LogP contribution in [0.3, 0.4) is 0 Å². The van der Waals surface area contributed by atoms with Gasteiger partial charge in [0.05, 0.1) is 0 Å². The van der Waals surface area contributed by atoms with Gasteiger partial charge < -0.3 is 15.9 Å². The Morgan fingerprint density at radius 2 is 1.50 bits per heavy atom. The first-order valence-corrected chi connectivity index (χ1v) is 4.71. The summed E-state index contributed by atoms with van der Waals surface area (Å²) in [5.74, 6) is -2.62. The number of hydrogen-bond acceptors (Lipinski definition) is 3. The fourth-order valence-electron chi connectivity index (χ4n) is 1.26. The number of carbonyl (C=O) groups is 2. The molecule has 4 N–H and O–H groups in total. The van der Waals surface area contributed by atoms with Crippen LogP contribution in [-0.4, -0.2) is 28.2 Å². The lowest BCUT2D eigenvalue weighted by molar-refractivity contribution is -0.147. The van der Waals surface area contributed by atoms with Crippen molar-refractivity contribution in [1.29, 1.82) is 0 Å². The third-order valence-corrected chi connectivity index (χ3v) is 1.95. The summed E-state index contributed by atoms with van der Waals surface area (Å²) in [5.41, 5.74) is 5.63. The molecule has 5 heteroatoms. The molecule has 1 rings (SSSR count). The van der Waals surface area contributed by atoms with Crippen molar-refractivity contribution in [3.8, 4) is 0 Å². The predicted molar refractivity (Wildman–Crippen MR) is 50.9 cm³/mol. The summed E-state index contributed by atoms with van der Waals surface area (Å²) in [4.78, 5) is 18.9. The minimum Gasteiger partial charge on any atom is -0.481 e. The fourth-order valence-corrected chi connectivity index (χ4v) is 1.26. The molecule has 0 unspecified atom stereocenters. The number of nitrogens with two attached hydrogens (primary N) is 1. The average molecular weight is 203 g/mol. The molecular weight excluding hydrogens is 186 g/mol. The molecular formula is C9H17NO4. The molecule has 0 aromatic rings. The lowest BCUT2D eigenvalue weighted by Crippen LogP contribution is -2.22. The summed E-state index contributed by atoms with van der Waals surface area (Å²) < 4.78 is 0. The second-order valence-corrected chi connectivity index (χ2v) is 3.36. The van der Waals surface area contributed by atoms with Crippen LogP contribution >= 0.6 is 0 Å². The van der Waals surface area contributed by atoms with Gasteiger partial charge in [-0.3, -0.25) is 9.59 Å². The summed E-state index contributed by atoms with van der Waals surface area (Å²) in [7, 11) is 0. The molecule has 0 saturated heterocycles. The van der Waals surface area contributed by atoms with Gasteiger partial charge in [-0.1, -0.05) is 19.3 Å². The third kappa shape index (κ3) is 8.99. The lowest BCUT2D eigenvalue weighted by atomic mass is 9.97. The van der Waals surface area contributed by atoms with Gasteiger partial charge in [-0.25, -0.2) is 0 Å². The predicted octanol–water partition coefficient (Wildman–Crippen LogP) is 0.823. The molecule has 0 heterocycles. The zero-order chi connectivity index (χ0) is 11.0. The Morgan fingerprint density at radius 1 is 1.07 bits per heavy atom. The quantitative estimate of drug-likeness (QED) is 0.577. The largest absolute Gasteiger partial charge is 0.481 e. The highest BCUT2D eigenvalue weighted by molar-refractivity contribution is 5.88. The molecule has 82 valence electrons. The van der Waals surface area contributed by atoms with Gasteiger partial charge in [-0.2, -0.15) is 0 Å². The SMILES string of the molecule is NC1CCCCC1.O=C(O)CC(=O)O. The van der Waals surface area contributed by atoms with Crippen LogP contribution in [0, 0.1) is 0 Å². The molecule has 0 aromatic carbocycles. The van der Waals surface area contributed by atoms with Crippen molar-refractivity contribution in [2.45, 2.75) is 44.6 Å². The maximum absolute atomic E-state index is 9.43. The Kier molecular flexibility index (Phi) is 6.74. The van der Waals surface area contributed by atoms with Gasteiger partial charge in [0, 0.05) is 6.04 Å². The van der Waals surface area contributed by atoms with Crippen LogP contribution in [0.15, 0.2) is 0 Å². The van der Waals surface area contributed by atoms with Crippen LogP contribution < -0.4 is 5.73 Å². The van der Waals surface area contributed by atoms with Crippen molar-refractivity contribution in [1.82, 2.24) is 0 Å². The lowest BCUT2D eigenvalue weighted by Gasteiger charge is -2.15. The first-order chi connectivity index (χ1) is 6.52. The molecule has 1 fully saturated rings. The van der Waals surface area contributed by atoms with Crippen molar-refractivity contribution >= 4 is 11.9 Å². The average Bonchev–Trinajstić information content (AvgIpc) is 2.03. The van der Waals surface area contributed by atoms with E-state index in [0.717, 1.165) is 0 Å². The Morgan fingerprint density at radius 3 is 1.64 bits per heavy atom. The van der Waals surface area contributed by atoms with Gasteiger partial charge in [-0.15, -0.1) is 0 Å². The maximum Gasteiger partial charge on any atom is 0.314 e. The van der Waals surface area contributed by atoms with E-state index in [4.69, 9.17) is 15.9 Å². The molecule has 0 spiro atoms. The van der Waals surface area contributed by atoms with Crippen molar-refractivity contribution in [3.05, 3.63) is 0 Å². The Balaban J connectivity index is 0.000000241. The second kappa shape index (κ2) is 7.32. The van der Waals surface area contributed by atoms with Crippen molar-refractivity contribution in [3.63, 3.8) is 0 Å². The summed E-state index contributed by atoms with van der Waals surface area (Å²) in [6.45, 7) is 0. The van der Waals surface area contributed by atoms with Gasteiger partial charge in [0.2, 0.25) is 0 Å². The van der Waals surface area contributed by atoms with Gasteiger partial charge in [0.15, 0.2) is 0 Å². The number of rotatable bonds is 2. The van der Waals surface area contributed by atoms with E-state index in [1.807, 2.05) is 0 Å². The van der Waals surface area contributed by atoms with Crippen molar-refractivity contribution in [2.75, 3.05) is 0 Å². The summed E-state index contributed by atoms with van der Waals surface area (Å²) in [6.07, 6.45) is 5.86. The summed E-state index contributed by atoms with van der Waals surface area (Å²) in [5, 5.41) is 15.4. The van der Waals surface area contributed by atoms with Gasteiger partial charge in [0.1, 0.15) is 6.42 Å². The number of carboxylic acid groups (broad SMARTS) is 2. The normalized spacial score (nSPS) is 16.6. The second-order valence-electron chi connectivity index (χ2n) is 3.36. The minimum absolute atomic E-state index is 0.536. The van der Waals surface area contributed by atoms with E-state index in [1.54, 1.807) is 0 Å². The van der Waals surface area contributed by atoms with Crippen LogP contribution in [0.4, 0.5) is 0 Å². The first-order valence-electron chi connectivity index (χ1n) is 4.71. The highest BCUT2D eigenvalue weighted by Gasteiger charge is 2.06. The number of aliphatic carboxylic acids is 2. The van der Waals surface area contributed by atoms with Gasteiger partial charge in [-0.05, 0) is 12.8 Å². The van der Waals surface area contributed by atoms with Crippen LogP contribution in [-0.2, 0) is 9.59 Å².